The topological polar surface area (TPSA) is 32.2 Å². The van der Waals surface area contributed by atoms with Crippen LogP contribution in [-0.2, 0) is 0 Å². The normalized spacial score (nSPS) is 11.5. The van der Waals surface area contributed by atoms with Crippen molar-refractivity contribution in [3.8, 4) is 33.4 Å². The number of hydrogen-bond donors (Lipinski definition) is 1. The van der Waals surface area contributed by atoms with E-state index in [9.17, 15) is 0 Å². The molecule has 0 radical (unpaired) electrons. The van der Waals surface area contributed by atoms with Gasteiger partial charge in [0.15, 0.2) is 0 Å². The fraction of sp³-hybridized carbons (Fsp3) is 0. The first-order valence-electron chi connectivity index (χ1n) is 17.3. The molecular weight excluding hydrogens is 621 g/mol. The quantitative estimate of drug-likeness (QED) is 0.194. The molecule has 0 saturated carbocycles. The number of H-pyrrole nitrogens is 1. The van der Waals surface area contributed by atoms with Gasteiger partial charge in [-0.3, -0.25) is 0 Å². The van der Waals surface area contributed by atoms with E-state index in [1.54, 1.807) is 0 Å². The van der Waals surface area contributed by atoms with E-state index in [0.717, 1.165) is 61.2 Å². The van der Waals surface area contributed by atoms with Gasteiger partial charge in [0.25, 0.3) is 0 Å². The van der Waals surface area contributed by atoms with Crippen LogP contribution in [0.2, 0.25) is 0 Å². The Morgan fingerprint density at radius 3 is 1.57 bits per heavy atom. The predicted octanol–water partition coefficient (Wildman–Crippen LogP) is 13.7. The van der Waals surface area contributed by atoms with E-state index in [0.29, 0.717) is 0 Å². The summed E-state index contributed by atoms with van der Waals surface area (Å²) in [6, 6.07) is 66.8. The Balaban J connectivity index is 1.11. The summed E-state index contributed by atoms with van der Waals surface area (Å²) < 4.78 is 6.46. The van der Waals surface area contributed by atoms with E-state index in [4.69, 9.17) is 4.42 Å². The number of anilines is 3. The lowest BCUT2D eigenvalue weighted by molar-refractivity contribution is 0.670. The van der Waals surface area contributed by atoms with Gasteiger partial charge >= 0.3 is 0 Å². The van der Waals surface area contributed by atoms with Gasteiger partial charge in [-0.05, 0) is 70.8 Å². The fourth-order valence-corrected chi connectivity index (χ4v) is 7.55. The lowest BCUT2D eigenvalue weighted by atomic mass is 9.99. The molecular formula is C48H32N2O. The molecule has 3 nitrogen and oxygen atoms in total. The highest BCUT2D eigenvalue weighted by atomic mass is 16.3. The van der Waals surface area contributed by atoms with E-state index >= 15 is 0 Å². The number of fused-ring (bicyclic) bond motifs is 6. The minimum Gasteiger partial charge on any atom is -0.455 e. The molecule has 0 fully saturated rings. The Morgan fingerprint density at radius 2 is 0.902 bits per heavy atom. The van der Waals surface area contributed by atoms with E-state index < -0.39 is 0 Å². The molecule has 0 bridgehead atoms. The van der Waals surface area contributed by atoms with Crippen LogP contribution in [0.1, 0.15) is 0 Å². The molecule has 2 aromatic heterocycles. The number of nitrogens with zero attached hydrogens (tertiary/aromatic N) is 1. The van der Waals surface area contributed by atoms with Crippen molar-refractivity contribution < 1.29 is 4.42 Å². The first-order valence-corrected chi connectivity index (χ1v) is 17.3. The van der Waals surface area contributed by atoms with Crippen LogP contribution in [0.25, 0.3) is 77.1 Å². The third kappa shape index (κ3) is 4.98. The van der Waals surface area contributed by atoms with Gasteiger partial charge in [0.2, 0.25) is 0 Å². The van der Waals surface area contributed by atoms with Crippen molar-refractivity contribution in [2.24, 2.45) is 0 Å². The summed E-state index contributed by atoms with van der Waals surface area (Å²) in [4.78, 5) is 6.13. The van der Waals surface area contributed by atoms with E-state index in [2.05, 4.69) is 186 Å². The number of rotatable bonds is 6. The second-order valence-electron chi connectivity index (χ2n) is 13.0. The van der Waals surface area contributed by atoms with Crippen LogP contribution >= 0.6 is 0 Å². The molecule has 10 rings (SSSR count). The van der Waals surface area contributed by atoms with Crippen molar-refractivity contribution in [3.05, 3.63) is 188 Å². The monoisotopic (exact) mass is 652 g/mol. The number of benzene rings is 8. The van der Waals surface area contributed by atoms with Gasteiger partial charge in [-0.15, -0.1) is 0 Å². The Bertz CT molecular complexity index is 2750. The van der Waals surface area contributed by atoms with Crippen LogP contribution in [0.15, 0.2) is 192 Å². The molecule has 8 aromatic carbocycles. The Kier molecular flexibility index (Phi) is 6.81. The van der Waals surface area contributed by atoms with Crippen LogP contribution in [0.5, 0.6) is 0 Å². The van der Waals surface area contributed by atoms with Gasteiger partial charge in [0.1, 0.15) is 11.2 Å². The number of hydrogen-bond acceptors (Lipinski definition) is 2. The molecule has 2 heterocycles. The van der Waals surface area contributed by atoms with Gasteiger partial charge in [-0.25, -0.2) is 0 Å². The van der Waals surface area contributed by atoms with Crippen molar-refractivity contribution in [1.29, 1.82) is 0 Å². The maximum atomic E-state index is 6.46. The Hall–Kier alpha value is -6.84. The van der Waals surface area contributed by atoms with E-state index in [1.807, 2.05) is 12.1 Å². The highest BCUT2D eigenvalue weighted by molar-refractivity contribution is 6.16. The SMILES string of the molecule is c1ccc(-c2ccc(N(c3ccc(-c4ccccc4)cc3)c3ccc4[nH]c5c(-c6cccc7c6oc6ccccc67)cccc5c4c3)cc2)cc1. The highest BCUT2D eigenvalue weighted by Gasteiger charge is 2.18. The predicted molar refractivity (Wildman–Crippen MR) is 214 cm³/mol. The molecule has 0 saturated heterocycles. The zero-order valence-corrected chi connectivity index (χ0v) is 27.8. The van der Waals surface area contributed by atoms with E-state index in [-0.39, 0.29) is 0 Å². The fourth-order valence-electron chi connectivity index (χ4n) is 7.55. The lowest BCUT2D eigenvalue weighted by Gasteiger charge is -2.26. The van der Waals surface area contributed by atoms with Gasteiger partial charge in [-0.1, -0.05) is 140 Å². The number of aromatic amines is 1. The van der Waals surface area contributed by atoms with Crippen molar-refractivity contribution in [2.75, 3.05) is 4.90 Å². The van der Waals surface area contributed by atoms with Crippen LogP contribution in [0.3, 0.4) is 0 Å². The third-order valence-electron chi connectivity index (χ3n) is 10.0. The third-order valence-corrected chi connectivity index (χ3v) is 10.0. The minimum absolute atomic E-state index is 0.905. The maximum absolute atomic E-state index is 6.46. The molecule has 0 atom stereocenters. The van der Waals surface area contributed by atoms with Crippen LogP contribution in [0.4, 0.5) is 17.1 Å². The molecule has 10 aromatic rings. The molecule has 0 aliphatic rings. The molecule has 1 N–H and O–H groups in total. The molecule has 0 amide bonds. The second-order valence-corrected chi connectivity index (χ2v) is 13.0. The zero-order valence-electron chi connectivity index (χ0n) is 27.8. The van der Waals surface area contributed by atoms with Crippen molar-refractivity contribution >= 4 is 60.8 Å². The maximum Gasteiger partial charge on any atom is 0.143 e. The zero-order chi connectivity index (χ0) is 33.7. The average Bonchev–Trinajstić information content (AvgIpc) is 3.78. The molecule has 0 unspecified atom stereocenters. The summed E-state index contributed by atoms with van der Waals surface area (Å²) in [5.41, 5.74) is 14.3. The second kappa shape index (κ2) is 11.9. The number of para-hydroxylation sites is 3. The van der Waals surface area contributed by atoms with Gasteiger partial charge < -0.3 is 14.3 Å². The smallest absolute Gasteiger partial charge is 0.143 e. The van der Waals surface area contributed by atoms with Crippen molar-refractivity contribution in [1.82, 2.24) is 4.98 Å². The molecule has 0 aliphatic heterocycles. The standard InChI is InChI=1S/C48H32N2O/c1-3-11-32(12-4-1)34-21-25-36(26-22-34)50(37-27-23-35(24-28-37)33-13-5-2-6-14-33)38-29-30-45-44(31-38)41-17-9-16-40(47(41)49-45)43-19-10-18-42-39-15-7-8-20-46(39)51-48(42)43/h1-31,49H. The van der Waals surface area contributed by atoms with Crippen LogP contribution in [-0.4, -0.2) is 4.98 Å². The molecule has 0 aliphatic carbocycles. The van der Waals surface area contributed by atoms with Gasteiger partial charge in [-0.2, -0.15) is 0 Å². The van der Waals surface area contributed by atoms with Crippen molar-refractivity contribution in [2.45, 2.75) is 0 Å². The lowest BCUT2D eigenvalue weighted by Crippen LogP contribution is -2.09. The number of aromatic nitrogens is 1. The van der Waals surface area contributed by atoms with Gasteiger partial charge in [0.05, 0.1) is 5.52 Å². The summed E-state index contributed by atoms with van der Waals surface area (Å²) in [6.07, 6.45) is 0. The Morgan fingerprint density at radius 1 is 0.373 bits per heavy atom. The Labute approximate surface area is 295 Å². The van der Waals surface area contributed by atoms with E-state index in [1.165, 1.54) is 33.0 Å². The van der Waals surface area contributed by atoms with Crippen molar-refractivity contribution in [3.63, 3.8) is 0 Å². The summed E-state index contributed by atoms with van der Waals surface area (Å²) in [6.45, 7) is 0. The minimum atomic E-state index is 0.905. The summed E-state index contributed by atoms with van der Waals surface area (Å²) in [7, 11) is 0. The molecule has 3 heteroatoms. The van der Waals surface area contributed by atoms with Crippen LogP contribution < -0.4 is 4.90 Å². The average molecular weight is 653 g/mol. The molecule has 51 heavy (non-hydrogen) atoms. The first-order chi connectivity index (χ1) is 25.3. The summed E-state index contributed by atoms with van der Waals surface area (Å²) in [5.74, 6) is 0. The van der Waals surface area contributed by atoms with Gasteiger partial charge in [0, 0.05) is 55.3 Å². The largest absolute Gasteiger partial charge is 0.455 e. The highest BCUT2D eigenvalue weighted by Crippen LogP contribution is 2.42. The molecule has 240 valence electrons. The number of nitrogens with one attached hydrogen (secondary N) is 1. The van der Waals surface area contributed by atoms with Crippen LogP contribution in [0, 0.1) is 0 Å². The number of furan rings is 1. The molecule has 0 spiro atoms. The summed E-state index contributed by atoms with van der Waals surface area (Å²) in [5, 5.41) is 4.62. The summed E-state index contributed by atoms with van der Waals surface area (Å²) >= 11 is 0. The first kappa shape index (κ1) is 29.1.